The number of hydrogen-bond donors (Lipinski definition) is 0. The standard InChI is InChI=1S/C27H26F3N5O3/c1-27(2,3)38-19-13-33(14-19)25-24(30)23(11-12-31-25)37-18-9-7-17(8-10-18)35-26(36)34(16-32-35)15-20-21(28)5-4-6-22(20)29/h4-12,16,19H,13-15H2,1-3H3. The predicted octanol–water partition coefficient (Wildman–Crippen LogP) is 4.69. The van der Waals surface area contributed by atoms with Gasteiger partial charge < -0.3 is 14.4 Å². The van der Waals surface area contributed by atoms with Gasteiger partial charge in [0.2, 0.25) is 5.82 Å². The molecule has 0 saturated carbocycles. The zero-order valence-electron chi connectivity index (χ0n) is 21.1. The molecular formula is C27H26F3N5O3. The van der Waals surface area contributed by atoms with Crippen LogP contribution in [-0.4, -0.2) is 44.1 Å². The second-order valence-corrected chi connectivity index (χ2v) is 9.95. The van der Waals surface area contributed by atoms with Crippen LogP contribution in [-0.2, 0) is 11.3 Å². The van der Waals surface area contributed by atoms with Gasteiger partial charge in [0.25, 0.3) is 0 Å². The summed E-state index contributed by atoms with van der Waals surface area (Å²) in [7, 11) is 0. The molecule has 11 heteroatoms. The highest BCUT2D eigenvalue weighted by atomic mass is 19.1. The minimum Gasteiger partial charge on any atom is -0.454 e. The van der Waals surface area contributed by atoms with Gasteiger partial charge in [-0.05, 0) is 57.2 Å². The van der Waals surface area contributed by atoms with Crippen LogP contribution in [0, 0.1) is 17.5 Å². The normalized spacial score (nSPS) is 14.0. The predicted molar refractivity (Wildman–Crippen MR) is 134 cm³/mol. The molecule has 1 aliphatic heterocycles. The van der Waals surface area contributed by atoms with Crippen molar-refractivity contribution in [1.29, 1.82) is 0 Å². The highest BCUT2D eigenvalue weighted by Crippen LogP contribution is 2.32. The fourth-order valence-corrected chi connectivity index (χ4v) is 4.16. The van der Waals surface area contributed by atoms with Gasteiger partial charge in [0.15, 0.2) is 11.6 Å². The average Bonchev–Trinajstić information content (AvgIpc) is 3.20. The van der Waals surface area contributed by atoms with E-state index in [1.807, 2.05) is 20.8 Å². The van der Waals surface area contributed by atoms with E-state index in [1.54, 1.807) is 29.2 Å². The third kappa shape index (κ3) is 5.28. The Balaban J connectivity index is 1.28. The Bertz CT molecular complexity index is 1490. The Morgan fingerprint density at radius 3 is 2.34 bits per heavy atom. The summed E-state index contributed by atoms with van der Waals surface area (Å²) >= 11 is 0. The lowest BCUT2D eigenvalue weighted by Crippen LogP contribution is -2.55. The molecule has 1 aliphatic rings. The summed E-state index contributed by atoms with van der Waals surface area (Å²) in [5.41, 5.74) is -0.682. The first kappa shape index (κ1) is 25.5. The Morgan fingerprint density at radius 2 is 1.68 bits per heavy atom. The molecule has 198 valence electrons. The van der Waals surface area contributed by atoms with Crippen LogP contribution in [0.5, 0.6) is 11.5 Å². The summed E-state index contributed by atoms with van der Waals surface area (Å²) in [6.07, 6.45) is 2.69. The van der Waals surface area contributed by atoms with Gasteiger partial charge in [0.1, 0.15) is 23.7 Å². The lowest BCUT2D eigenvalue weighted by molar-refractivity contribution is -0.0704. The van der Waals surface area contributed by atoms with Crippen LogP contribution < -0.4 is 15.3 Å². The first-order valence-electron chi connectivity index (χ1n) is 12.0. The molecule has 0 amide bonds. The Labute approximate surface area is 216 Å². The smallest absolute Gasteiger partial charge is 0.350 e. The fourth-order valence-electron chi connectivity index (χ4n) is 4.16. The molecule has 2 aromatic heterocycles. The Hall–Kier alpha value is -4.12. The highest BCUT2D eigenvalue weighted by Gasteiger charge is 2.34. The molecule has 8 nitrogen and oxygen atoms in total. The fraction of sp³-hybridized carbons (Fsp3) is 0.296. The van der Waals surface area contributed by atoms with Crippen molar-refractivity contribution < 1.29 is 22.6 Å². The zero-order chi connectivity index (χ0) is 27.0. The Morgan fingerprint density at radius 1 is 1.00 bits per heavy atom. The maximum Gasteiger partial charge on any atom is 0.350 e. The average molecular weight is 526 g/mol. The lowest BCUT2D eigenvalue weighted by atomic mass is 10.1. The molecule has 38 heavy (non-hydrogen) atoms. The molecule has 1 fully saturated rings. The van der Waals surface area contributed by atoms with Crippen LogP contribution in [0.2, 0.25) is 0 Å². The largest absolute Gasteiger partial charge is 0.454 e. The van der Waals surface area contributed by atoms with E-state index in [0.717, 1.165) is 21.4 Å². The zero-order valence-corrected chi connectivity index (χ0v) is 21.1. The topological polar surface area (TPSA) is 74.4 Å². The highest BCUT2D eigenvalue weighted by molar-refractivity contribution is 5.49. The van der Waals surface area contributed by atoms with Crippen molar-refractivity contribution in [2.75, 3.05) is 18.0 Å². The van der Waals surface area contributed by atoms with Crippen molar-refractivity contribution in [3.63, 3.8) is 0 Å². The van der Waals surface area contributed by atoms with Crippen molar-refractivity contribution in [3.8, 4) is 17.2 Å². The van der Waals surface area contributed by atoms with Crippen molar-refractivity contribution in [1.82, 2.24) is 19.3 Å². The van der Waals surface area contributed by atoms with Crippen LogP contribution in [0.1, 0.15) is 26.3 Å². The number of anilines is 1. The summed E-state index contributed by atoms with van der Waals surface area (Å²) < 4.78 is 56.9. The molecule has 1 saturated heterocycles. The number of halogens is 3. The second-order valence-electron chi connectivity index (χ2n) is 9.95. The maximum absolute atomic E-state index is 15.1. The minimum atomic E-state index is -0.746. The number of hydrogen-bond acceptors (Lipinski definition) is 6. The van der Waals surface area contributed by atoms with E-state index in [2.05, 4.69) is 10.1 Å². The van der Waals surface area contributed by atoms with Crippen molar-refractivity contribution in [2.45, 2.75) is 39.0 Å². The van der Waals surface area contributed by atoms with Gasteiger partial charge in [-0.1, -0.05) is 6.07 Å². The van der Waals surface area contributed by atoms with Crippen LogP contribution in [0.4, 0.5) is 19.0 Å². The third-order valence-electron chi connectivity index (χ3n) is 5.94. The van der Waals surface area contributed by atoms with E-state index in [4.69, 9.17) is 9.47 Å². The molecule has 0 spiro atoms. The molecule has 0 bridgehead atoms. The molecule has 0 radical (unpaired) electrons. The van der Waals surface area contributed by atoms with Crippen LogP contribution in [0.3, 0.4) is 0 Å². The number of benzene rings is 2. The van der Waals surface area contributed by atoms with Gasteiger partial charge in [-0.3, -0.25) is 4.57 Å². The van der Waals surface area contributed by atoms with E-state index in [-0.39, 0.29) is 35.4 Å². The van der Waals surface area contributed by atoms with E-state index in [1.165, 1.54) is 24.7 Å². The lowest BCUT2D eigenvalue weighted by Gasteiger charge is -2.42. The van der Waals surface area contributed by atoms with E-state index >= 15 is 4.39 Å². The summed E-state index contributed by atoms with van der Waals surface area (Å²) in [5.74, 6) is -1.54. The molecule has 5 rings (SSSR count). The van der Waals surface area contributed by atoms with Crippen molar-refractivity contribution in [2.24, 2.45) is 0 Å². The minimum absolute atomic E-state index is 0.00550. The number of aromatic nitrogens is 4. The molecule has 3 heterocycles. The third-order valence-corrected chi connectivity index (χ3v) is 5.94. The maximum atomic E-state index is 15.1. The van der Waals surface area contributed by atoms with Gasteiger partial charge in [-0.2, -0.15) is 14.2 Å². The first-order chi connectivity index (χ1) is 18.1. The molecule has 0 N–H and O–H groups in total. The number of ether oxygens (including phenoxy) is 2. The molecule has 0 aliphatic carbocycles. The van der Waals surface area contributed by atoms with Gasteiger partial charge in [0, 0.05) is 30.9 Å². The van der Waals surface area contributed by atoms with Crippen molar-refractivity contribution >= 4 is 5.82 Å². The van der Waals surface area contributed by atoms with Crippen LogP contribution >= 0.6 is 0 Å². The second kappa shape index (κ2) is 9.97. The molecular weight excluding hydrogens is 499 g/mol. The van der Waals surface area contributed by atoms with Crippen LogP contribution in [0.25, 0.3) is 5.69 Å². The quantitative estimate of drug-likeness (QED) is 0.349. The summed E-state index contributed by atoms with van der Waals surface area (Å²) in [6, 6.07) is 11.2. The SMILES string of the molecule is CC(C)(C)OC1CN(c2nccc(Oc3ccc(-n4ncn(Cc5c(F)cccc5F)c4=O)cc3)c2F)C1. The van der Waals surface area contributed by atoms with E-state index in [9.17, 15) is 13.6 Å². The van der Waals surface area contributed by atoms with Gasteiger partial charge in [0.05, 0.1) is 23.9 Å². The molecule has 4 aromatic rings. The number of rotatable bonds is 7. The van der Waals surface area contributed by atoms with Gasteiger partial charge >= 0.3 is 5.69 Å². The summed E-state index contributed by atoms with van der Waals surface area (Å²) in [6.45, 7) is 6.69. The molecule has 2 aromatic carbocycles. The Kier molecular flexibility index (Phi) is 6.70. The first-order valence-corrected chi connectivity index (χ1v) is 12.0. The monoisotopic (exact) mass is 525 g/mol. The van der Waals surface area contributed by atoms with E-state index < -0.39 is 23.1 Å². The van der Waals surface area contributed by atoms with E-state index in [0.29, 0.717) is 24.5 Å². The van der Waals surface area contributed by atoms with Gasteiger partial charge in [-0.25, -0.2) is 18.6 Å². The summed E-state index contributed by atoms with van der Waals surface area (Å²) in [4.78, 5) is 18.7. The van der Waals surface area contributed by atoms with Crippen LogP contribution in [0.15, 0.2) is 65.8 Å². The van der Waals surface area contributed by atoms with Gasteiger partial charge in [-0.15, -0.1) is 0 Å². The number of nitrogens with zero attached hydrogens (tertiary/aromatic N) is 5. The van der Waals surface area contributed by atoms with Crippen molar-refractivity contribution in [3.05, 3.63) is 94.6 Å². The number of pyridine rings is 1. The molecule has 0 unspecified atom stereocenters. The summed E-state index contributed by atoms with van der Waals surface area (Å²) in [5, 5.41) is 4.04. The molecule has 0 atom stereocenters.